The Morgan fingerprint density at radius 2 is 2.00 bits per heavy atom. The van der Waals surface area contributed by atoms with Crippen molar-refractivity contribution in [3.8, 4) is 0 Å². The van der Waals surface area contributed by atoms with Crippen LogP contribution in [-0.4, -0.2) is 32.2 Å². The van der Waals surface area contributed by atoms with Crippen molar-refractivity contribution in [1.29, 1.82) is 5.41 Å². The highest BCUT2D eigenvalue weighted by Gasteiger charge is 2.24. The number of rotatable bonds is 5. The van der Waals surface area contributed by atoms with E-state index in [1.165, 1.54) is 11.4 Å². The molecule has 1 unspecified atom stereocenters. The first-order valence-electron chi connectivity index (χ1n) is 6.03. The van der Waals surface area contributed by atoms with Gasteiger partial charge in [0.15, 0.2) is 0 Å². The van der Waals surface area contributed by atoms with Crippen LogP contribution in [0, 0.1) is 25.2 Å². The lowest BCUT2D eigenvalue weighted by Gasteiger charge is -2.21. The van der Waals surface area contributed by atoms with Gasteiger partial charge in [0, 0.05) is 19.5 Å². The van der Waals surface area contributed by atoms with Gasteiger partial charge in [-0.3, -0.25) is 5.41 Å². The molecular weight excluding hydrogens is 262 g/mol. The van der Waals surface area contributed by atoms with Gasteiger partial charge in [-0.1, -0.05) is 24.6 Å². The smallest absolute Gasteiger partial charge is 0.243 e. The van der Waals surface area contributed by atoms with Gasteiger partial charge in [0.05, 0.1) is 10.7 Å². The Kier molecular flexibility index (Phi) is 4.70. The van der Waals surface area contributed by atoms with Crippen LogP contribution in [0.1, 0.15) is 18.1 Å². The molecule has 0 fully saturated rings. The number of nitrogens with two attached hydrogens (primary N) is 1. The Balaban J connectivity index is 3.06. The monoisotopic (exact) mass is 283 g/mol. The van der Waals surface area contributed by atoms with Gasteiger partial charge in [-0.25, -0.2) is 12.7 Å². The van der Waals surface area contributed by atoms with Crippen LogP contribution >= 0.6 is 0 Å². The SMILES string of the molecule is Cc1ccc(S(=O)(=O)N(C)CC(C)C(=N)N)c(C)c1. The minimum atomic E-state index is -3.53. The zero-order valence-electron chi connectivity index (χ0n) is 11.8. The number of aryl methyl sites for hydroxylation is 2. The minimum Gasteiger partial charge on any atom is -0.387 e. The van der Waals surface area contributed by atoms with Crippen LogP contribution in [0.4, 0.5) is 0 Å². The molecule has 0 saturated carbocycles. The number of sulfonamides is 1. The maximum atomic E-state index is 12.4. The van der Waals surface area contributed by atoms with Gasteiger partial charge in [-0.2, -0.15) is 0 Å². The third-order valence-electron chi connectivity index (χ3n) is 3.08. The van der Waals surface area contributed by atoms with Gasteiger partial charge in [0.25, 0.3) is 0 Å². The summed E-state index contributed by atoms with van der Waals surface area (Å²) in [5.74, 6) is -0.312. The number of amidine groups is 1. The van der Waals surface area contributed by atoms with E-state index in [0.717, 1.165) is 11.1 Å². The van der Waals surface area contributed by atoms with E-state index in [0.29, 0.717) is 4.90 Å². The van der Waals surface area contributed by atoms with Crippen LogP contribution in [0.2, 0.25) is 0 Å². The van der Waals surface area contributed by atoms with E-state index in [2.05, 4.69) is 0 Å². The standard InChI is InChI=1S/C13H21N3O2S/c1-9-5-6-12(10(2)7-9)19(17,18)16(4)8-11(3)13(14)15/h5-7,11H,8H2,1-4H3,(H3,14,15). The molecule has 0 spiro atoms. The van der Waals surface area contributed by atoms with Crippen LogP contribution in [0.15, 0.2) is 23.1 Å². The molecular formula is C13H21N3O2S. The van der Waals surface area contributed by atoms with E-state index in [1.807, 2.05) is 13.0 Å². The first-order chi connectivity index (χ1) is 8.66. The number of hydrogen-bond donors (Lipinski definition) is 2. The van der Waals surface area contributed by atoms with Gasteiger partial charge in [-0.15, -0.1) is 0 Å². The Morgan fingerprint density at radius 1 is 1.42 bits per heavy atom. The highest BCUT2D eigenvalue weighted by atomic mass is 32.2. The molecule has 3 N–H and O–H groups in total. The predicted molar refractivity (Wildman–Crippen MR) is 76.8 cm³/mol. The summed E-state index contributed by atoms with van der Waals surface area (Å²) >= 11 is 0. The molecule has 6 heteroatoms. The second kappa shape index (κ2) is 5.71. The summed E-state index contributed by atoms with van der Waals surface area (Å²) in [6, 6.07) is 5.24. The first kappa shape index (κ1) is 15.7. The Hall–Kier alpha value is -1.40. The molecule has 19 heavy (non-hydrogen) atoms. The average Bonchev–Trinajstić information content (AvgIpc) is 2.27. The molecule has 0 bridgehead atoms. The summed E-state index contributed by atoms with van der Waals surface area (Å²) < 4.78 is 26.1. The van der Waals surface area contributed by atoms with Crippen LogP contribution in [-0.2, 0) is 10.0 Å². The van der Waals surface area contributed by atoms with Crippen LogP contribution in [0.3, 0.4) is 0 Å². The van der Waals surface area contributed by atoms with Crippen LogP contribution in [0.25, 0.3) is 0 Å². The summed E-state index contributed by atoms with van der Waals surface area (Å²) in [5.41, 5.74) is 7.13. The van der Waals surface area contributed by atoms with Crippen molar-refractivity contribution >= 4 is 15.9 Å². The molecule has 5 nitrogen and oxygen atoms in total. The van der Waals surface area contributed by atoms with Crippen molar-refractivity contribution in [3.63, 3.8) is 0 Å². The molecule has 1 rings (SSSR count). The molecule has 0 radical (unpaired) electrons. The average molecular weight is 283 g/mol. The van der Waals surface area contributed by atoms with Crippen molar-refractivity contribution in [1.82, 2.24) is 4.31 Å². The second-order valence-electron chi connectivity index (χ2n) is 4.91. The van der Waals surface area contributed by atoms with Crippen molar-refractivity contribution in [3.05, 3.63) is 29.3 Å². The molecule has 0 heterocycles. The summed E-state index contributed by atoms with van der Waals surface area (Å²) in [6.45, 7) is 5.63. The lowest BCUT2D eigenvalue weighted by atomic mass is 10.2. The van der Waals surface area contributed by atoms with Gasteiger partial charge < -0.3 is 5.73 Å². The Bertz CT molecular complexity index is 582. The highest BCUT2D eigenvalue weighted by molar-refractivity contribution is 7.89. The van der Waals surface area contributed by atoms with E-state index in [9.17, 15) is 8.42 Å². The van der Waals surface area contributed by atoms with Crippen LogP contribution < -0.4 is 5.73 Å². The van der Waals surface area contributed by atoms with Gasteiger partial charge in [0.2, 0.25) is 10.0 Å². The lowest BCUT2D eigenvalue weighted by molar-refractivity contribution is 0.443. The molecule has 0 aliphatic carbocycles. The third kappa shape index (κ3) is 3.54. The van der Waals surface area contributed by atoms with Crippen molar-refractivity contribution in [2.75, 3.05) is 13.6 Å². The van der Waals surface area contributed by atoms with E-state index >= 15 is 0 Å². The third-order valence-corrected chi connectivity index (χ3v) is 5.06. The molecule has 1 aromatic carbocycles. The normalized spacial score (nSPS) is 13.5. The number of nitrogens with one attached hydrogen (secondary N) is 1. The quantitative estimate of drug-likeness (QED) is 0.634. The Morgan fingerprint density at radius 3 is 2.47 bits per heavy atom. The zero-order valence-corrected chi connectivity index (χ0v) is 12.6. The van der Waals surface area contributed by atoms with Crippen molar-refractivity contribution < 1.29 is 8.42 Å². The maximum Gasteiger partial charge on any atom is 0.243 e. The summed E-state index contributed by atoms with van der Waals surface area (Å²) in [6.07, 6.45) is 0. The number of benzene rings is 1. The summed E-state index contributed by atoms with van der Waals surface area (Å²) in [7, 11) is -2.03. The molecule has 0 amide bonds. The van der Waals surface area contributed by atoms with Gasteiger partial charge in [-0.05, 0) is 25.5 Å². The van der Waals surface area contributed by atoms with E-state index in [4.69, 9.17) is 11.1 Å². The number of hydrogen-bond acceptors (Lipinski definition) is 3. The predicted octanol–water partition coefficient (Wildman–Crippen LogP) is 1.50. The minimum absolute atomic E-state index is 0.0114. The van der Waals surface area contributed by atoms with Crippen molar-refractivity contribution in [2.45, 2.75) is 25.7 Å². The maximum absolute atomic E-state index is 12.4. The summed E-state index contributed by atoms with van der Waals surface area (Å²) in [4.78, 5) is 0.302. The van der Waals surface area contributed by atoms with Gasteiger partial charge >= 0.3 is 0 Å². The van der Waals surface area contributed by atoms with Gasteiger partial charge in [0.1, 0.15) is 0 Å². The van der Waals surface area contributed by atoms with E-state index < -0.39 is 10.0 Å². The lowest BCUT2D eigenvalue weighted by Crippen LogP contribution is -2.36. The van der Waals surface area contributed by atoms with Crippen molar-refractivity contribution in [2.24, 2.45) is 11.7 Å². The molecule has 0 aliphatic heterocycles. The molecule has 0 saturated heterocycles. The largest absolute Gasteiger partial charge is 0.387 e. The molecule has 106 valence electrons. The fraction of sp³-hybridized carbons (Fsp3) is 0.462. The second-order valence-corrected chi connectivity index (χ2v) is 6.92. The highest BCUT2D eigenvalue weighted by Crippen LogP contribution is 2.20. The molecule has 1 atom stereocenters. The summed E-state index contributed by atoms with van der Waals surface area (Å²) in [5, 5.41) is 7.33. The number of nitrogens with zero attached hydrogens (tertiary/aromatic N) is 1. The molecule has 1 aromatic rings. The molecule has 0 aromatic heterocycles. The van der Waals surface area contributed by atoms with E-state index in [1.54, 1.807) is 26.0 Å². The Labute approximate surface area is 115 Å². The van der Waals surface area contributed by atoms with E-state index in [-0.39, 0.29) is 18.3 Å². The topological polar surface area (TPSA) is 87.2 Å². The van der Waals surface area contributed by atoms with Crippen LogP contribution in [0.5, 0.6) is 0 Å². The fourth-order valence-electron chi connectivity index (χ4n) is 1.84. The molecule has 0 aliphatic rings. The first-order valence-corrected chi connectivity index (χ1v) is 7.47. The fourth-order valence-corrected chi connectivity index (χ4v) is 3.30. The zero-order chi connectivity index (χ0) is 14.8.